The van der Waals surface area contributed by atoms with Crippen LogP contribution >= 0.6 is 12.2 Å². The third-order valence-electron chi connectivity index (χ3n) is 4.75. The summed E-state index contributed by atoms with van der Waals surface area (Å²) in [6.07, 6.45) is 2.85. The number of ether oxygens (including phenoxy) is 2. The van der Waals surface area contributed by atoms with Crippen LogP contribution in [0.2, 0.25) is 25.7 Å². The van der Waals surface area contributed by atoms with Crippen LogP contribution in [0.15, 0.2) is 36.8 Å². The van der Waals surface area contributed by atoms with Gasteiger partial charge in [-0.3, -0.25) is 10.4 Å². The highest BCUT2D eigenvalue weighted by molar-refractivity contribution is 7.80. The molecule has 3 N–H and O–H groups in total. The van der Waals surface area contributed by atoms with E-state index in [0.717, 1.165) is 6.04 Å². The molecule has 182 valence electrons. The van der Waals surface area contributed by atoms with Crippen molar-refractivity contribution in [3.63, 3.8) is 0 Å². The van der Waals surface area contributed by atoms with Crippen molar-refractivity contribution >= 4 is 37.3 Å². The highest BCUT2D eigenvalue weighted by atomic mass is 32.1. The number of amides is 1. The number of anilines is 1. The molecular weight excluding hydrogens is 475 g/mol. The molecule has 3 rings (SSSR count). The molecule has 0 aliphatic heterocycles. The maximum atomic E-state index is 13.6. The van der Waals surface area contributed by atoms with Gasteiger partial charge in [0.1, 0.15) is 18.2 Å². The van der Waals surface area contributed by atoms with Crippen LogP contribution in [0.5, 0.6) is 0 Å². The number of H-pyrrole nitrogens is 1. The third-order valence-corrected chi connectivity index (χ3v) is 6.66. The number of rotatable bonds is 9. The largest absolute Gasteiger partial charge is 0.450 e. The molecule has 3 aromatic rings. The number of benzene rings is 1. The fourth-order valence-corrected chi connectivity index (χ4v) is 3.96. The van der Waals surface area contributed by atoms with E-state index in [-0.39, 0.29) is 17.5 Å². The Morgan fingerprint density at radius 1 is 1.26 bits per heavy atom. The van der Waals surface area contributed by atoms with Gasteiger partial charge in [0.15, 0.2) is 10.9 Å². The summed E-state index contributed by atoms with van der Waals surface area (Å²) in [6.45, 7) is 9.91. The van der Waals surface area contributed by atoms with Crippen molar-refractivity contribution < 1.29 is 18.7 Å². The molecule has 0 saturated carbocycles. The fourth-order valence-electron chi connectivity index (χ4n) is 3.02. The van der Waals surface area contributed by atoms with Gasteiger partial charge in [0.2, 0.25) is 0 Å². The van der Waals surface area contributed by atoms with Crippen molar-refractivity contribution in [2.75, 3.05) is 18.5 Å². The molecule has 0 spiro atoms. The minimum Gasteiger partial charge on any atom is -0.450 e. The van der Waals surface area contributed by atoms with Gasteiger partial charge in [-0.05, 0) is 42.9 Å². The Morgan fingerprint density at radius 3 is 2.68 bits per heavy atom. The zero-order valence-corrected chi connectivity index (χ0v) is 21.5. The van der Waals surface area contributed by atoms with Crippen LogP contribution in [0.3, 0.4) is 0 Å². The standard InChI is InChI=1S/C22H29FN6O3SSi/c1-5-32-22(30)26-21(33)25-20-18(15-6-8-16(23)9-7-15)19(27-28-20)17-12-29(13-24-17)14-31-10-11-34(2,3)4/h6-9,12-13H,5,10-11,14H2,1-4H3,(H3,25,26,27,28,30,33). The van der Waals surface area contributed by atoms with Crippen LogP contribution in [-0.2, 0) is 16.2 Å². The molecular formula is C22H29FN6O3SSi. The average Bonchev–Trinajstić information content (AvgIpc) is 3.38. The van der Waals surface area contributed by atoms with Gasteiger partial charge in [0.25, 0.3) is 0 Å². The zero-order chi connectivity index (χ0) is 24.7. The first-order chi connectivity index (χ1) is 16.2. The number of aromatic amines is 1. The number of nitrogens with zero attached hydrogens (tertiary/aromatic N) is 3. The molecule has 12 heteroatoms. The van der Waals surface area contributed by atoms with Gasteiger partial charge in [-0.2, -0.15) is 5.10 Å². The summed E-state index contributed by atoms with van der Waals surface area (Å²) in [7, 11) is -1.16. The normalized spacial score (nSPS) is 11.3. The Kier molecular flexibility index (Phi) is 8.53. The topological polar surface area (TPSA) is 106 Å². The van der Waals surface area contributed by atoms with Crippen molar-refractivity contribution in [3.05, 3.63) is 42.6 Å². The Morgan fingerprint density at radius 2 is 2.00 bits per heavy atom. The molecule has 0 bridgehead atoms. The first kappa shape index (κ1) is 25.5. The number of nitrogens with one attached hydrogen (secondary N) is 3. The predicted octanol–water partition coefficient (Wildman–Crippen LogP) is 4.83. The minimum atomic E-state index is -1.16. The van der Waals surface area contributed by atoms with Gasteiger partial charge in [-0.15, -0.1) is 0 Å². The van der Waals surface area contributed by atoms with Gasteiger partial charge >= 0.3 is 6.09 Å². The molecule has 2 aromatic heterocycles. The molecule has 2 heterocycles. The molecule has 1 amide bonds. The van der Waals surface area contributed by atoms with E-state index < -0.39 is 14.2 Å². The van der Waals surface area contributed by atoms with Gasteiger partial charge in [0, 0.05) is 20.9 Å². The second-order valence-electron chi connectivity index (χ2n) is 8.75. The Bertz CT molecular complexity index is 1130. The molecule has 9 nitrogen and oxygen atoms in total. The number of halogens is 1. The van der Waals surface area contributed by atoms with Crippen molar-refractivity contribution in [1.29, 1.82) is 0 Å². The summed E-state index contributed by atoms with van der Waals surface area (Å²) >= 11 is 5.20. The lowest BCUT2D eigenvalue weighted by atomic mass is 10.0. The first-order valence-electron chi connectivity index (χ1n) is 10.8. The molecule has 0 unspecified atom stereocenters. The van der Waals surface area contributed by atoms with Crippen LogP contribution in [-0.4, -0.2) is 52.2 Å². The van der Waals surface area contributed by atoms with E-state index in [9.17, 15) is 9.18 Å². The summed E-state index contributed by atoms with van der Waals surface area (Å²) in [6, 6.07) is 7.06. The molecule has 0 fully saturated rings. The van der Waals surface area contributed by atoms with E-state index >= 15 is 0 Å². The van der Waals surface area contributed by atoms with Crippen molar-refractivity contribution in [3.8, 4) is 22.5 Å². The lowest BCUT2D eigenvalue weighted by Crippen LogP contribution is -2.34. The summed E-state index contributed by atoms with van der Waals surface area (Å²) in [5.41, 5.74) is 2.54. The van der Waals surface area contributed by atoms with Crippen LogP contribution in [0, 0.1) is 5.82 Å². The SMILES string of the molecule is CCOC(=O)NC(=S)Nc1n[nH]c(-c2cn(COCC[Si](C)(C)C)cn2)c1-c1ccc(F)cc1. The van der Waals surface area contributed by atoms with E-state index in [1.807, 2.05) is 10.8 Å². The number of carbonyl (C=O) groups is 1. The predicted molar refractivity (Wildman–Crippen MR) is 136 cm³/mol. The maximum absolute atomic E-state index is 13.6. The van der Waals surface area contributed by atoms with Crippen LogP contribution in [0.4, 0.5) is 15.0 Å². The lowest BCUT2D eigenvalue weighted by Gasteiger charge is -2.15. The smallest absolute Gasteiger partial charge is 0.413 e. The maximum Gasteiger partial charge on any atom is 0.413 e. The van der Waals surface area contributed by atoms with Gasteiger partial charge in [-0.1, -0.05) is 31.8 Å². The lowest BCUT2D eigenvalue weighted by molar-refractivity contribution is 0.0871. The number of hydrogen-bond donors (Lipinski definition) is 3. The molecule has 1 aromatic carbocycles. The first-order valence-corrected chi connectivity index (χ1v) is 15.0. The quantitative estimate of drug-likeness (QED) is 0.218. The Labute approximate surface area is 204 Å². The molecule has 0 radical (unpaired) electrons. The summed E-state index contributed by atoms with van der Waals surface area (Å²) in [5.74, 6) is -0.00751. The average molecular weight is 505 g/mol. The van der Waals surface area contributed by atoms with Gasteiger partial charge < -0.3 is 19.4 Å². The van der Waals surface area contributed by atoms with Gasteiger partial charge in [-0.25, -0.2) is 14.2 Å². The van der Waals surface area contributed by atoms with Gasteiger partial charge in [0.05, 0.1) is 24.2 Å². The van der Waals surface area contributed by atoms with Crippen molar-refractivity contribution in [2.24, 2.45) is 0 Å². The molecule has 0 aliphatic rings. The number of imidazole rings is 1. The van der Waals surface area contributed by atoms with E-state index in [1.54, 1.807) is 25.4 Å². The molecule has 0 saturated heterocycles. The molecule has 0 atom stereocenters. The number of thiocarbonyl (C=S) groups is 1. The second-order valence-corrected chi connectivity index (χ2v) is 14.8. The molecule has 0 aliphatic carbocycles. The number of hydrogen-bond acceptors (Lipinski definition) is 6. The van der Waals surface area contributed by atoms with Crippen LogP contribution in [0.1, 0.15) is 6.92 Å². The Balaban J connectivity index is 1.82. The summed E-state index contributed by atoms with van der Waals surface area (Å²) < 4.78 is 26.0. The van der Waals surface area contributed by atoms with Crippen LogP contribution in [0.25, 0.3) is 22.5 Å². The zero-order valence-electron chi connectivity index (χ0n) is 19.6. The summed E-state index contributed by atoms with van der Waals surface area (Å²) in [4.78, 5) is 16.2. The third kappa shape index (κ3) is 7.20. The number of aromatic nitrogens is 4. The van der Waals surface area contributed by atoms with Crippen molar-refractivity contribution in [2.45, 2.75) is 39.3 Å². The summed E-state index contributed by atoms with van der Waals surface area (Å²) in [5, 5.41) is 12.6. The van der Waals surface area contributed by atoms with E-state index in [4.69, 9.17) is 21.7 Å². The number of alkyl carbamates (subject to hydrolysis) is 1. The van der Waals surface area contributed by atoms with Crippen molar-refractivity contribution in [1.82, 2.24) is 25.1 Å². The monoisotopic (exact) mass is 504 g/mol. The van der Waals surface area contributed by atoms with E-state index in [1.165, 1.54) is 12.1 Å². The highest BCUT2D eigenvalue weighted by Gasteiger charge is 2.20. The second kappa shape index (κ2) is 11.4. The van der Waals surface area contributed by atoms with Crippen LogP contribution < -0.4 is 10.6 Å². The fraction of sp³-hybridized carbons (Fsp3) is 0.364. The number of carbonyl (C=O) groups excluding carboxylic acids is 1. The highest BCUT2D eigenvalue weighted by Crippen LogP contribution is 2.35. The van der Waals surface area contributed by atoms with E-state index in [2.05, 4.69) is 45.5 Å². The minimum absolute atomic E-state index is 0.0150. The Hall–Kier alpha value is -3.09. The molecule has 34 heavy (non-hydrogen) atoms. The van der Waals surface area contributed by atoms with E-state index in [0.29, 0.717) is 41.7 Å².